The van der Waals surface area contributed by atoms with Gasteiger partial charge in [-0.05, 0) is 37.9 Å². The summed E-state index contributed by atoms with van der Waals surface area (Å²) in [5.74, 6) is 0.861. The number of amides is 1. The molecule has 0 aliphatic carbocycles. The van der Waals surface area contributed by atoms with Crippen LogP contribution < -0.4 is 5.32 Å². The quantitative estimate of drug-likeness (QED) is 0.837. The normalized spacial score (nSPS) is 21.1. The minimum absolute atomic E-state index is 0.105. The molecule has 1 aromatic heterocycles. The second kappa shape index (κ2) is 7.28. The van der Waals surface area contributed by atoms with E-state index < -0.39 is 5.54 Å². The maximum Gasteiger partial charge on any atom is 0.243 e. The zero-order valence-electron chi connectivity index (χ0n) is 12.6. The van der Waals surface area contributed by atoms with Crippen LogP contribution in [0, 0.1) is 11.3 Å². The van der Waals surface area contributed by atoms with Gasteiger partial charge >= 0.3 is 0 Å². The molecule has 0 bridgehead atoms. The van der Waals surface area contributed by atoms with Crippen molar-refractivity contribution < 1.29 is 9.21 Å². The lowest BCUT2D eigenvalue weighted by molar-refractivity contribution is -0.139. The van der Waals surface area contributed by atoms with E-state index in [1.165, 1.54) is 0 Å². The lowest BCUT2D eigenvalue weighted by atomic mass is 9.90. The van der Waals surface area contributed by atoms with Gasteiger partial charge in [-0.2, -0.15) is 5.26 Å². The Hall–Kier alpha value is -1.80. The number of rotatable bonds is 7. The Bertz CT molecular complexity index is 484. The number of carbonyl (C=O) groups is 1. The molecule has 1 unspecified atom stereocenters. The molecule has 1 aliphatic heterocycles. The Morgan fingerprint density at radius 3 is 3.05 bits per heavy atom. The zero-order chi connectivity index (χ0) is 15.1. The SMILES string of the molecule is CCCC1(C(=O)N(CCC#N)Cc2ccco2)CCCN1. The van der Waals surface area contributed by atoms with E-state index in [1.807, 2.05) is 12.1 Å². The van der Waals surface area contributed by atoms with E-state index in [-0.39, 0.29) is 5.91 Å². The third-order valence-electron chi connectivity index (χ3n) is 4.04. The Labute approximate surface area is 125 Å². The maximum absolute atomic E-state index is 13.0. The summed E-state index contributed by atoms with van der Waals surface area (Å²) in [5, 5.41) is 12.2. The van der Waals surface area contributed by atoms with Crippen LogP contribution in [0.2, 0.25) is 0 Å². The van der Waals surface area contributed by atoms with E-state index in [1.54, 1.807) is 11.2 Å². The average molecular weight is 289 g/mol. The monoisotopic (exact) mass is 289 g/mol. The van der Waals surface area contributed by atoms with Crippen molar-refractivity contribution in [2.24, 2.45) is 0 Å². The van der Waals surface area contributed by atoms with E-state index in [0.29, 0.717) is 19.5 Å². The summed E-state index contributed by atoms with van der Waals surface area (Å²) in [6, 6.07) is 5.80. The topological polar surface area (TPSA) is 69.3 Å². The first kappa shape index (κ1) is 15.6. The van der Waals surface area contributed by atoms with Crippen molar-refractivity contribution in [3.63, 3.8) is 0 Å². The Morgan fingerprint density at radius 1 is 1.62 bits per heavy atom. The van der Waals surface area contributed by atoms with Crippen LogP contribution >= 0.6 is 0 Å². The smallest absolute Gasteiger partial charge is 0.243 e. The van der Waals surface area contributed by atoms with Crippen molar-refractivity contribution in [2.45, 2.75) is 51.1 Å². The molecular weight excluding hydrogens is 266 g/mol. The molecule has 5 nitrogen and oxygen atoms in total. The van der Waals surface area contributed by atoms with Crippen molar-refractivity contribution in [3.8, 4) is 6.07 Å². The molecule has 1 atom stereocenters. The van der Waals surface area contributed by atoms with Gasteiger partial charge in [-0.15, -0.1) is 0 Å². The number of nitrogens with zero attached hydrogens (tertiary/aromatic N) is 2. The summed E-state index contributed by atoms with van der Waals surface area (Å²) in [6.45, 7) is 3.86. The summed E-state index contributed by atoms with van der Waals surface area (Å²) in [7, 11) is 0. The molecule has 0 saturated carbocycles. The molecule has 0 spiro atoms. The number of hydrogen-bond acceptors (Lipinski definition) is 4. The molecule has 114 valence electrons. The number of nitriles is 1. The molecule has 1 fully saturated rings. The highest BCUT2D eigenvalue weighted by atomic mass is 16.3. The van der Waals surface area contributed by atoms with Crippen molar-refractivity contribution in [2.75, 3.05) is 13.1 Å². The maximum atomic E-state index is 13.0. The molecule has 1 aromatic rings. The third-order valence-corrected chi connectivity index (χ3v) is 4.04. The fraction of sp³-hybridized carbons (Fsp3) is 0.625. The van der Waals surface area contributed by atoms with Gasteiger partial charge in [-0.3, -0.25) is 4.79 Å². The van der Waals surface area contributed by atoms with Gasteiger partial charge < -0.3 is 14.6 Å². The van der Waals surface area contributed by atoms with E-state index >= 15 is 0 Å². The number of furan rings is 1. The van der Waals surface area contributed by atoms with Crippen LogP contribution in [-0.4, -0.2) is 29.4 Å². The highest BCUT2D eigenvalue weighted by Crippen LogP contribution is 2.28. The summed E-state index contributed by atoms with van der Waals surface area (Å²) in [4.78, 5) is 14.8. The van der Waals surface area contributed by atoms with Gasteiger partial charge in [0.1, 0.15) is 5.76 Å². The first-order valence-corrected chi connectivity index (χ1v) is 7.65. The molecule has 5 heteroatoms. The highest BCUT2D eigenvalue weighted by Gasteiger charge is 2.42. The molecule has 2 rings (SSSR count). The van der Waals surface area contributed by atoms with Crippen molar-refractivity contribution in [1.29, 1.82) is 5.26 Å². The van der Waals surface area contributed by atoms with Crippen LogP contribution in [0.4, 0.5) is 0 Å². The Balaban J connectivity index is 2.14. The zero-order valence-corrected chi connectivity index (χ0v) is 12.6. The summed E-state index contributed by atoms with van der Waals surface area (Å²) < 4.78 is 5.35. The Morgan fingerprint density at radius 2 is 2.48 bits per heavy atom. The molecule has 2 heterocycles. The standard InChI is InChI=1S/C16H23N3O2/c1-2-7-16(8-4-10-18-16)15(20)19(11-5-9-17)13-14-6-3-12-21-14/h3,6,12,18H,2,4-5,7-8,10-11,13H2,1H3. The van der Waals surface area contributed by atoms with E-state index in [4.69, 9.17) is 9.68 Å². The van der Waals surface area contributed by atoms with Crippen LogP contribution in [0.3, 0.4) is 0 Å². The minimum Gasteiger partial charge on any atom is -0.467 e. The second-order valence-electron chi connectivity index (χ2n) is 5.58. The predicted octanol–water partition coefficient (Wildman–Crippen LogP) is 2.44. The van der Waals surface area contributed by atoms with Crippen LogP contribution in [0.1, 0.15) is 44.8 Å². The van der Waals surface area contributed by atoms with E-state index in [2.05, 4.69) is 18.3 Å². The molecule has 0 aromatic carbocycles. The molecule has 1 amide bonds. The predicted molar refractivity (Wildman–Crippen MR) is 79.2 cm³/mol. The largest absolute Gasteiger partial charge is 0.467 e. The van der Waals surface area contributed by atoms with Gasteiger partial charge in [0.25, 0.3) is 0 Å². The molecule has 21 heavy (non-hydrogen) atoms. The van der Waals surface area contributed by atoms with Gasteiger partial charge in [0.05, 0.1) is 30.8 Å². The average Bonchev–Trinajstić information content (AvgIpc) is 3.15. The summed E-state index contributed by atoms with van der Waals surface area (Å²) in [6.07, 6.45) is 5.66. The van der Waals surface area contributed by atoms with Gasteiger partial charge in [-0.25, -0.2) is 0 Å². The molecule has 0 radical (unpaired) electrons. The molecule has 1 saturated heterocycles. The fourth-order valence-corrected chi connectivity index (χ4v) is 3.07. The number of hydrogen-bond donors (Lipinski definition) is 1. The van der Waals surface area contributed by atoms with Crippen molar-refractivity contribution >= 4 is 5.91 Å². The molecule has 1 aliphatic rings. The fourth-order valence-electron chi connectivity index (χ4n) is 3.07. The summed E-state index contributed by atoms with van der Waals surface area (Å²) >= 11 is 0. The van der Waals surface area contributed by atoms with Gasteiger partial charge in [0, 0.05) is 6.54 Å². The number of carbonyl (C=O) groups excluding carboxylic acids is 1. The second-order valence-corrected chi connectivity index (χ2v) is 5.58. The lowest BCUT2D eigenvalue weighted by Gasteiger charge is -2.34. The molecule has 1 N–H and O–H groups in total. The number of nitrogens with one attached hydrogen (secondary N) is 1. The van der Waals surface area contributed by atoms with Gasteiger partial charge in [-0.1, -0.05) is 13.3 Å². The first-order valence-electron chi connectivity index (χ1n) is 7.65. The van der Waals surface area contributed by atoms with Crippen LogP contribution in [0.15, 0.2) is 22.8 Å². The highest BCUT2D eigenvalue weighted by molar-refractivity contribution is 5.86. The van der Waals surface area contributed by atoms with Crippen molar-refractivity contribution in [3.05, 3.63) is 24.2 Å². The first-order chi connectivity index (χ1) is 10.2. The van der Waals surface area contributed by atoms with E-state index in [0.717, 1.165) is 38.0 Å². The van der Waals surface area contributed by atoms with Gasteiger partial charge in [0.2, 0.25) is 5.91 Å². The summed E-state index contributed by atoms with van der Waals surface area (Å²) in [5.41, 5.74) is -0.448. The lowest BCUT2D eigenvalue weighted by Crippen LogP contribution is -2.54. The van der Waals surface area contributed by atoms with Crippen LogP contribution in [0.25, 0.3) is 0 Å². The van der Waals surface area contributed by atoms with Crippen LogP contribution in [-0.2, 0) is 11.3 Å². The van der Waals surface area contributed by atoms with E-state index in [9.17, 15) is 4.79 Å². The Kier molecular flexibility index (Phi) is 5.40. The third kappa shape index (κ3) is 3.64. The van der Waals surface area contributed by atoms with Gasteiger partial charge in [0.15, 0.2) is 0 Å². The molecular formula is C16H23N3O2. The van der Waals surface area contributed by atoms with Crippen LogP contribution in [0.5, 0.6) is 0 Å². The van der Waals surface area contributed by atoms with Crippen molar-refractivity contribution in [1.82, 2.24) is 10.2 Å². The minimum atomic E-state index is -0.448.